The molecule has 2 amide bonds. The van der Waals surface area contributed by atoms with Gasteiger partial charge in [-0.2, -0.15) is 0 Å². The monoisotopic (exact) mass is 388 g/mol. The van der Waals surface area contributed by atoms with Crippen LogP contribution in [-0.2, 0) is 25.7 Å². The fourth-order valence-electron chi connectivity index (χ4n) is 3.61. The van der Waals surface area contributed by atoms with E-state index in [1.807, 2.05) is 52.0 Å². The number of carbonyl (C=O) groups is 3. The largest absolute Gasteiger partial charge is 0.455 e. The van der Waals surface area contributed by atoms with Gasteiger partial charge in [-0.05, 0) is 51.7 Å². The maximum absolute atomic E-state index is 12.7. The van der Waals surface area contributed by atoms with E-state index in [2.05, 4.69) is 10.6 Å². The Kier molecular flexibility index (Phi) is 7.22. The van der Waals surface area contributed by atoms with Crippen molar-refractivity contribution in [2.24, 2.45) is 5.41 Å². The van der Waals surface area contributed by atoms with Gasteiger partial charge in [0.2, 0.25) is 5.91 Å². The van der Waals surface area contributed by atoms with Crippen molar-refractivity contribution >= 4 is 17.8 Å². The van der Waals surface area contributed by atoms with Gasteiger partial charge in [-0.3, -0.25) is 14.4 Å². The van der Waals surface area contributed by atoms with Crippen molar-refractivity contribution in [2.75, 3.05) is 6.61 Å². The van der Waals surface area contributed by atoms with E-state index in [1.165, 1.54) is 0 Å². The van der Waals surface area contributed by atoms with Gasteiger partial charge in [0.15, 0.2) is 6.61 Å². The molecule has 1 aliphatic carbocycles. The Hall–Kier alpha value is -2.37. The van der Waals surface area contributed by atoms with Crippen LogP contribution in [0, 0.1) is 12.3 Å². The highest BCUT2D eigenvalue weighted by molar-refractivity contribution is 5.88. The molecular formula is C22H32N2O4. The van der Waals surface area contributed by atoms with Crippen molar-refractivity contribution in [3.05, 3.63) is 35.4 Å². The van der Waals surface area contributed by atoms with Gasteiger partial charge in [0.25, 0.3) is 5.91 Å². The van der Waals surface area contributed by atoms with E-state index in [4.69, 9.17) is 4.74 Å². The molecule has 0 spiro atoms. The molecule has 2 rings (SSSR count). The molecule has 1 aliphatic rings. The molecule has 2 N–H and O–H groups in total. The van der Waals surface area contributed by atoms with Gasteiger partial charge in [0.05, 0.1) is 5.41 Å². The van der Waals surface area contributed by atoms with E-state index in [0.29, 0.717) is 19.4 Å². The molecule has 28 heavy (non-hydrogen) atoms. The van der Waals surface area contributed by atoms with E-state index < -0.39 is 11.4 Å². The van der Waals surface area contributed by atoms with Crippen molar-refractivity contribution in [3.63, 3.8) is 0 Å². The number of carbonyl (C=O) groups excluding carboxylic acids is 3. The highest BCUT2D eigenvalue weighted by Gasteiger charge is 2.44. The lowest BCUT2D eigenvalue weighted by atomic mass is 9.82. The summed E-state index contributed by atoms with van der Waals surface area (Å²) in [7, 11) is 0. The molecule has 0 saturated heterocycles. The van der Waals surface area contributed by atoms with E-state index >= 15 is 0 Å². The van der Waals surface area contributed by atoms with Gasteiger partial charge >= 0.3 is 5.97 Å². The molecular weight excluding hydrogens is 356 g/mol. The summed E-state index contributed by atoms with van der Waals surface area (Å²) in [5.74, 6) is -0.945. The van der Waals surface area contributed by atoms with Gasteiger partial charge in [0.1, 0.15) is 0 Å². The smallest absolute Gasteiger partial charge is 0.313 e. The fourth-order valence-corrected chi connectivity index (χ4v) is 3.61. The van der Waals surface area contributed by atoms with Gasteiger partial charge in [-0.15, -0.1) is 0 Å². The first-order valence-corrected chi connectivity index (χ1v) is 9.91. The zero-order valence-corrected chi connectivity index (χ0v) is 17.4. The number of rotatable bonds is 7. The van der Waals surface area contributed by atoms with Crippen molar-refractivity contribution in [2.45, 2.75) is 71.9 Å². The zero-order valence-electron chi connectivity index (χ0n) is 17.4. The first-order valence-electron chi connectivity index (χ1n) is 9.91. The number of hydrogen-bond donors (Lipinski definition) is 2. The molecule has 0 radical (unpaired) electrons. The standard InChI is InChI=1S/C22H32N2O4/c1-16-9-5-6-10-17(16)14-23-19(26)15-28-20(27)22(11-7-8-12-22)13-18(25)24-21(2,3)4/h5-6,9-10H,7-8,11-15H2,1-4H3,(H,23,26)(H,24,25). The molecule has 0 aromatic heterocycles. The third-order valence-corrected chi connectivity index (χ3v) is 5.08. The molecule has 1 aromatic rings. The zero-order chi connectivity index (χ0) is 20.8. The van der Waals surface area contributed by atoms with E-state index in [9.17, 15) is 14.4 Å². The predicted molar refractivity (Wildman–Crippen MR) is 107 cm³/mol. The van der Waals surface area contributed by atoms with Crippen LogP contribution in [0.15, 0.2) is 24.3 Å². The molecule has 6 nitrogen and oxygen atoms in total. The van der Waals surface area contributed by atoms with Crippen LogP contribution >= 0.6 is 0 Å². The Bertz CT molecular complexity index is 715. The first-order chi connectivity index (χ1) is 13.1. The van der Waals surface area contributed by atoms with Crippen LogP contribution in [0.4, 0.5) is 0 Å². The van der Waals surface area contributed by atoms with Crippen LogP contribution in [0.2, 0.25) is 0 Å². The third kappa shape index (κ3) is 6.36. The van der Waals surface area contributed by atoms with Crippen LogP contribution in [-0.4, -0.2) is 29.9 Å². The second kappa shape index (κ2) is 9.22. The summed E-state index contributed by atoms with van der Waals surface area (Å²) in [6, 6.07) is 7.79. The van der Waals surface area contributed by atoms with Crippen LogP contribution in [0.25, 0.3) is 0 Å². The average Bonchev–Trinajstić information content (AvgIpc) is 3.06. The second-order valence-corrected chi connectivity index (χ2v) is 8.74. The van der Waals surface area contributed by atoms with Crippen molar-refractivity contribution < 1.29 is 19.1 Å². The summed E-state index contributed by atoms with van der Waals surface area (Å²) in [6.45, 7) is 7.76. The molecule has 0 atom stereocenters. The SMILES string of the molecule is Cc1ccccc1CNC(=O)COC(=O)C1(CC(=O)NC(C)(C)C)CCCC1. The number of esters is 1. The number of ether oxygens (including phenoxy) is 1. The first kappa shape index (κ1) is 21.9. The Morgan fingerprint density at radius 3 is 2.32 bits per heavy atom. The Balaban J connectivity index is 1.87. The van der Waals surface area contributed by atoms with E-state index in [0.717, 1.165) is 24.0 Å². The molecule has 0 unspecified atom stereocenters. The lowest BCUT2D eigenvalue weighted by molar-refractivity contribution is -0.160. The predicted octanol–water partition coefficient (Wildman–Crippen LogP) is 3.02. The van der Waals surface area contributed by atoms with E-state index in [-0.39, 0.29) is 30.4 Å². The topological polar surface area (TPSA) is 84.5 Å². The molecule has 6 heteroatoms. The summed E-state index contributed by atoms with van der Waals surface area (Å²) in [5, 5.41) is 5.68. The minimum Gasteiger partial charge on any atom is -0.455 e. The maximum atomic E-state index is 12.7. The summed E-state index contributed by atoms with van der Waals surface area (Å²) >= 11 is 0. The summed E-state index contributed by atoms with van der Waals surface area (Å²) in [4.78, 5) is 37.2. The van der Waals surface area contributed by atoms with Gasteiger partial charge in [-0.1, -0.05) is 37.1 Å². The van der Waals surface area contributed by atoms with Crippen molar-refractivity contribution in [1.82, 2.24) is 10.6 Å². The van der Waals surface area contributed by atoms with Crippen LogP contribution < -0.4 is 10.6 Å². The minimum atomic E-state index is -0.814. The molecule has 1 fully saturated rings. The second-order valence-electron chi connectivity index (χ2n) is 8.74. The number of aryl methyl sites for hydroxylation is 1. The summed E-state index contributed by atoms with van der Waals surface area (Å²) < 4.78 is 5.31. The normalized spacial score (nSPS) is 15.7. The summed E-state index contributed by atoms with van der Waals surface area (Å²) in [5.41, 5.74) is 0.949. The highest BCUT2D eigenvalue weighted by atomic mass is 16.5. The fraction of sp³-hybridized carbons (Fsp3) is 0.591. The number of amides is 2. The van der Waals surface area contributed by atoms with Crippen LogP contribution in [0.3, 0.4) is 0 Å². The molecule has 154 valence electrons. The summed E-state index contributed by atoms with van der Waals surface area (Å²) in [6.07, 6.45) is 3.12. The molecule has 1 aromatic carbocycles. The lowest BCUT2D eigenvalue weighted by Gasteiger charge is -2.28. The minimum absolute atomic E-state index is 0.105. The lowest BCUT2D eigenvalue weighted by Crippen LogP contribution is -2.44. The Morgan fingerprint density at radius 1 is 1.07 bits per heavy atom. The van der Waals surface area contributed by atoms with Gasteiger partial charge in [0, 0.05) is 18.5 Å². The maximum Gasteiger partial charge on any atom is 0.313 e. The number of hydrogen-bond acceptors (Lipinski definition) is 4. The number of nitrogens with one attached hydrogen (secondary N) is 2. The molecule has 1 saturated carbocycles. The van der Waals surface area contributed by atoms with Crippen molar-refractivity contribution in [3.8, 4) is 0 Å². The molecule has 0 bridgehead atoms. The Labute approximate surface area is 167 Å². The van der Waals surface area contributed by atoms with Crippen LogP contribution in [0.1, 0.15) is 64.0 Å². The Morgan fingerprint density at radius 2 is 1.71 bits per heavy atom. The highest BCUT2D eigenvalue weighted by Crippen LogP contribution is 2.42. The van der Waals surface area contributed by atoms with Crippen LogP contribution in [0.5, 0.6) is 0 Å². The van der Waals surface area contributed by atoms with Gasteiger partial charge < -0.3 is 15.4 Å². The molecule has 0 heterocycles. The molecule has 0 aliphatic heterocycles. The average molecular weight is 389 g/mol. The third-order valence-electron chi connectivity index (χ3n) is 5.08. The van der Waals surface area contributed by atoms with Crippen molar-refractivity contribution in [1.29, 1.82) is 0 Å². The quantitative estimate of drug-likeness (QED) is 0.703. The number of benzene rings is 1. The van der Waals surface area contributed by atoms with Gasteiger partial charge in [-0.25, -0.2) is 0 Å². The van der Waals surface area contributed by atoms with E-state index in [1.54, 1.807) is 0 Å².